The largest absolute Gasteiger partial charge is 0.481 e. The molecule has 3 rings (SSSR count). The Kier molecular flexibility index (Phi) is 5.10. The summed E-state index contributed by atoms with van der Waals surface area (Å²) in [4.78, 5) is 14.8. The van der Waals surface area contributed by atoms with Crippen LogP contribution in [-0.4, -0.2) is 23.5 Å². The van der Waals surface area contributed by atoms with Gasteiger partial charge in [0.05, 0.1) is 0 Å². The molecule has 3 nitrogen and oxygen atoms in total. The normalized spacial score (nSPS) is 14.9. The number of hydrogen-bond acceptors (Lipinski definition) is 2. The summed E-state index contributed by atoms with van der Waals surface area (Å²) in [5.41, 5.74) is 3.52. The van der Waals surface area contributed by atoms with Gasteiger partial charge in [-0.1, -0.05) is 42.8 Å². The monoisotopic (exact) mass is 343 g/mol. The highest BCUT2D eigenvalue weighted by Crippen LogP contribution is 2.24. The molecule has 0 aliphatic carbocycles. The first-order valence-electron chi connectivity index (χ1n) is 8.37. The van der Waals surface area contributed by atoms with Gasteiger partial charge in [-0.15, -0.1) is 0 Å². The van der Waals surface area contributed by atoms with E-state index in [1.807, 2.05) is 36.9 Å². The van der Waals surface area contributed by atoms with Crippen LogP contribution in [0.2, 0.25) is 5.02 Å². The number of rotatable bonds is 4. The Hall–Kier alpha value is -2.00. The molecule has 2 aromatic rings. The number of amides is 1. The van der Waals surface area contributed by atoms with Crippen LogP contribution in [0, 0.1) is 6.92 Å². The van der Waals surface area contributed by atoms with Crippen molar-refractivity contribution in [2.24, 2.45) is 0 Å². The molecule has 1 heterocycles. The number of carbonyl (C=O) groups excluding carboxylic acids is 1. The van der Waals surface area contributed by atoms with Crippen LogP contribution in [0.25, 0.3) is 0 Å². The van der Waals surface area contributed by atoms with Crippen molar-refractivity contribution in [1.82, 2.24) is 4.90 Å². The fraction of sp³-hybridized carbons (Fsp3) is 0.350. The van der Waals surface area contributed by atoms with Crippen LogP contribution < -0.4 is 4.74 Å². The molecule has 0 saturated carbocycles. The minimum Gasteiger partial charge on any atom is -0.481 e. The van der Waals surface area contributed by atoms with Crippen molar-refractivity contribution in [3.8, 4) is 5.75 Å². The highest BCUT2D eigenvalue weighted by atomic mass is 35.5. The summed E-state index contributed by atoms with van der Waals surface area (Å²) in [6.07, 6.45) is 1.08. The molecule has 0 saturated heterocycles. The summed E-state index contributed by atoms with van der Waals surface area (Å²) in [7, 11) is 0. The van der Waals surface area contributed by atoms with E-state index >= 15 is 0 Å². The Bertz CT molecular complexity index is 744. The van der Waals surface area contributed by atoms with E-state index in [-0.39, 0.29) is 5.91 Å². The Morgan fingerprint density at radius 2 is 2.00 bits per heavy atom. The number of fused-ring (bicyclic) bond motifs is 1. The maximum absolute atomic E-state index is 12.9. The summed E-state index contributed by atoms with van der Waals surface area (Å²) in [6, 6.07) is 13.8. The summed E-state index contributed by atoms with van der Waals surface area (Å²) < 4.78 is 5.95. The van der Waals surface area contributed by atoms with Crippen LogP contribution in [0.4, 0.5) is 0 Å². The first-order valence-corrected chi connectivity index (χ1v) is 8.74. The maximum Gasteiger partial charge on any atom is 0.263 e. The molecule has 0 spiro atoms. The van der Waals surface area contributed by atoms with Gasteiger partial charge in [0.25, 0.3) is 5.91 Å². The molecule has 126 valence electrons. The number of hydrogen-bond donors (Lipinski definition) is 0. The summed E-state index contributed by atoms with van der Waals surface area (Å²) in [6.45, 7) is 5.31. The summed E-state index contributed by atoms with van der Waals surface area (Å²) >= 11 is 6.05. The van der Waals surface area contributed by atoms with Crippen molar-refractivity contribution in [2.45, 2.75) is 39.3 Å². The van der Waals surface area contributed by atoms with Crippen LogP contribution in [0.1, 0.15) is 30.0 Å². The van der Waals surface area contributed by atoms with E-state index in [0.717, 1.165) is 18.5 Å². The number of carbonyl (C=O) groups is 1. The number of ether oxygens (including phenoxy) is 1. The molecule has 24 heavy (non-hydrogen) atoms. The molecule has 0 radical (unpaired) electrons. The molecule has 0 unspecified atom stereocenters. The zero-order valence-electron chi connectivity index (χ0n) is 14.1. The molecule has 0 bridgehead atoms. The molecule has 0 fully saturated rings. The lowest BCUT2D eigenvalue weighted by atomic mass is 9.99. The molecule has 1 aliphatic rings. The number of benzene rings is 2. The van der Waals surface area contributed by atoms with Crippen LogP contribution >= 0.6 is 11.6 Å². The molecule has 1 amide bonds. The van der Waals surface area contributed by atoms with E-state index in [2.05, 4.69) is 18.2 Å². The smallest absolute Gasteiger partial charge is 0.263 e. The van der Waals surface area contributed by atoms with Crippen molar-refractivity contribution >= 4 is 17.5 Å². The first-order chi connectivity index (χ1) is 11.6. The first kappa shape index (κ1) is 16.8. The van der Waals surface area contributed by atoms with Gasteiger partial charge in [-0.3, -0.25) is 4.79 Å². The molecule has 4 heteroatoms. The van der Waals surface area contributed by atoms with Gasteiger partial charge in [0.2, 0.25) is 0 Å². The van der Waals surface area contributed by atoms with Gasteiger partial charge in [-0.2, -0.15) is 0 Å². The lowest BCUT2D eigenvalue weighted by Gasteiger charge is -2.31. The van der Waals surface area contributed by atoms with E-state index in [4.69, 9.17) is 16.3 Å². The number of nitrogens with zero attached hydrogens (tertiary/aromatic N) is 1. The Morgan fingerprint density at radius 3 is 2.71 bits per heavy atom. The van der Waals surface area contributed by atoms with Gasteiger partial charge in [0.15, 0.2) is 6.10 Å². The van der Waals surface area contributed by atoms with E-state index in [0.29, 0.717) is 23.7 Å². The predicted octanol–water partition coefficient (Wildman–Crippen LogP) is 4.39. The van der Waals surface area contributed by atoms with Crippen molar-refractivity contribution in [2.75, 3.05) is 6.54 Å². The average molecular weight is 344 g/mol. The maximum atomic E-state index is 12.9. The fourth-order valence-corrected chi connectivity index (χ4v) is 3.17. The van der Waals surface area contributed by atoms with Gasteiger partial charge < -0.3 is 9.64 Å². The summed E-state index contributed by atoms with van der Waals surface area (Å²) in [5, 5.41) is 0.703. The Morgan fingerprint density at radius 1 is 1.25 bits per heavy atom. The molecule has 2 aromatic carbocycles. The van der Waals surface area contributed by atoms with Crippen LogP contribution in [0.3, 0.4) is 0 Å². The van der Waals surface area contributed by atoms with Crippen molar-refractivity contribution in [3.05, 3.63) is 64.2 Å². The Labute approximate surface area is 148 Å². The quantitative estimate of drug-likeness (QED) is 0.824. The lowest BCUT2D eigenvalue weighted by Crippen LogP contribution is -2.44. The van der Waals surface area contributed by atoms with Crippen molar-refractivity contribution in [1.29, 1.82) is 0 Å². The molecule has 1 aliphatic heterocycles. The third-order valence-electron chi connectivity index (χ3n) is 4.50. The molecule has 0 aromatic heterocycles. The fourth-order valence-electron chi connectivity index (χ4n) is 3.05. The third-order valence-corrected chi connectivity index (χ3v) is 4.92. The van der Waals surface area contributed by atoms with E-state index in [1.54, 1.807) is 6.07 Å². The molecular weight excluding hydrogens is 322 g/mol. The number of aryl methyl sites for hydroxylation is 1. The highest BCUT2D eigenvalue weighted by molar-refractivity contribution is 6.31. The van der Waals surface area contributed by atoms with E-state index in [1.165, 1.54) is 11.1 Å². The van der Waals surface area contributed by atoms with Crippen molar-refractivity contribution in [3.63, 3.8) is 0 Å². The van der Waals surface area contributed by atoms with Gasteiger partial charge in [0.1, 0.15) is 5.75 Å². The van der Waals surface area contributed by atoms with Gasteiger partial charge in [0, 0.05) is 18.1 Å². The van der Waals surface area contributed by atoms with Crippen molar-refractivity contribution < 1.29 is 9.53 Å². The van der Waals surface area contributed by atoms with Crippen LogP contribution in [-0.2, 0) is 17.8 Å². The Balaban J connectivity index is 1.71. The second-order valence-corrected chi connectivity index (χ2v) is 6.61. The van der Waals surface area contributed by atoms with Gasteiger partial charge in [-0.25, -0.2) is 0 Å². The van der Waals surface area contributed by atoms with E-state index < -0.39 is 6.10 Å². The van der Waals surface area contributed by atoms with Gasteiger partial charge in [-0.05, 0) is 54.7 Å². The zero-order valence-corrected chi connectivity index (χ0v) is 14.8. The molecule has 1 atom stereocenters. The van der Waals surface area contributed by atoms with E-state index in [9.17, 15) is 4.79 Å². The minimum absolute atomic E-state index is 0.0552. The average Bonchev–Trinajstić information content (AvgIpc) is 2.61. The van der Waals surface area contributed by atoms with Gasteiger partial charge >= 0.3 is 0 Å². The summed E-state index contributed by atoms with van der Waals surface area (Å²) in [5.74, 6) is 0.745. The lowest BCUT2D eigenvalue weighted by molar-refractivity contribution is -0.139. The SMILES string of the molecule is CC[C@@H](Oc1ccc(Cl)c(C)c1)C(=O)N1CCc2ccccc2C1. The highest BCUT2D eigenvalue weighted by Gasteiger charge is 2.27. The molecule has 0 N–H and O–H groups in total. The number of halogens is 1. The third kappa shape index (κ3) is 3.57. The van der Waals surface area contributed by atoms with Crippen LogP contribution in [0.5, 0.6) is 5.75 Å². The molecular formula is C20H22ClNO2. The topological polar surface area (TPSA) is 29.5 Å². The predicted molar refractivity (Wildman–Crippen MR) is 96.5 cm³/mol. The zero-order chi connectivity index (χ0) is 17.1. The second-order valence-electron chi connectivity index (χ2n) is 6.20. The minimum atomic E-state index is -0.462. The second kappa shape index (κ2) is 7.27. The standard InChI is InChI=1S/C20H22ClNO2/c1-3-19(24-17-8-9-18(21)14(2)12-17)20(23)22-11-10-15-6-4-5-7-16(15)13-22/h4-9,12,19H,3,10-11,13H2,1-2H3/t19-/m1/s1. The van der Waals surface area contributed by atoms with Crippen LogP contribution in [0.15, 0.2) is 42.5 Å².